The molecular formula is Li3O12Re3-21. The van der Waals surface area contributed by atoms with Gasteiger partial charge in [-0.15, -0.1) is 0 Å². The molecule has 0 atom stereocenters. The van der Waals surface area contributed by atoms with Crippen LogP contribution in [-0.2, 0) is 127 Å². The van der Waals surface area contributed by atoms with Gasteiger partial charge in [-0.05, 0) is 0 Å². The standard InChI is InChI=1S/3Li.12O.3Re/q3*+1;12*-2;;;. The van der Waals surface area contributed by atoms with Crippen LogP contribution in [0.1, 0.15) is 0 Å². The van der Waals surface area contributed by atoms with Gasteiger partial charge in [-0.3, -0.25) is 0 Å². The van der Waals surface area contributed by atoms with Crippen LogP contribution in [0.3, 0.4) is 0 Å². The Hall–Kier alpha value is 3.30. The molecule has 18 heavy (non-hydrogen) atoms. The molecule has 0 aromatic heterocycles. The van der Waals surface area contributed by atoms with E-state index in [1.54, 1.807) is 0 Å². The third-order valence-electron chi connectivity index (χ3n) is 0. The second kappa shape index (κ2) is 695. The fourth-order valence-corrected chi connectivity index (χ4v) is 0. The molecule has 12 nitrogen and oxygen atoms in total. The summed E-state index contributed by atoms with van der Waals surface area (Å²) < 4.78 is 0. The minimum Gasteiger partial charge on any atom is -2.00 e. The molecule has 0 unspecified atom stereocenters. The molecule has 0 aliphatic rings. The summed E-state index contributed by atoms with van der Waals surface area (Å²) >= 11 is 0. The Labute approximate surface area is 181 Å². The van der Waals surface area contributed by atoms with Gasteiger partial charge in [-0.1, -0.05) is 0 Å². The maximum Gasteiger partial charge on any atom is 1.00 e. The molecule has 0 rings (SSSR count). The summed E-state index contributed by atoms with van der Waals surface area (Å²) in [6.45, 7) is 0. The second-order valence-corrected chi connectivity index (χ2v) is 0. The van der Waals surface area contributed by atoms with Gasteiger partial charge in [0, 0.05) is 61.3 Å². The maximum atomic E-state index is 0. The summed E-state index contributed by atoms with van der Waals surface area (Å²) in [7, 11) is 0. The van der Waals surface area contributed by atoms with Gasteiger partial charge in [-0.2, -0.15) is 0 Å². The first-order valence-electron chi connectivity index (χ1n) is 0. The molecule has 0 heterocycles. The topological polar surface area (TPSA) is 342 Å². The summed E-state index contributed by atoms with van der Waals surface area (Å²) in [5, 5.41) is 0. The number of rotatable bonds is 0. The van der Waals surface area contributed by atoms with Crippen molar-refractivity contribution in [1.82, 2.24) is 0 Å². The molecule has 0 spiro atoms. The van der Waals surface area contributed by atoms with E-state index in [2.05, 4.69) is 0 Å². The molecule has 117 valence electrons. The average Bonchev–Trinajstić information content (AvgIpc) is 0. The average molecular weight is 771 g/mol. The van der Waals surface area contributed by atoms with E-state index >= 15 is 0 Å². The van der Waals surface area contributed by atoms with Crippen molar-refractivity contribution >= 4 is 0 Å². The van der Waals surface area contributed by atoms with Gasteiger partial charge in [0.05, 0.1) is 0 Å². The van der Waals surface area contributed by atoms with E-state index in [0.29, 0.717) is 0 Å². The minimum atomic E-state index is 0. The molecule has 0 N–H and O–H groups in total. The Balaban J connectivity index is 0. The molecule has 0 aromatic rings. The Kier molecular flexibility index (Phi) is 31100. The van der Waals surface area contributed by atoms with Gasteiger partial charge in [0.15, 0.2) is 0 Å². The number of hydrogen-bond acceptors (Lipinski definition) is 0. The summed E-state index contributed by atoms with van der Waals surface area (Å²) in [4.78, 5) is 0. The van der Waals surface area contributed by atoms with Crippen molar-refractivity contribution in [2.24, 2.45) is 0 Å². The first kappa shape index (κ1) is 806. The van der Waals surface area contributed by atoms with Crippen molar-refractivity contribution in [2.45, 2.75) is 0 Å². The SMILES string of the molecule is [Li+].[Li+].[Li+].[O-2].[O-2].[O-2].[O-2].[O-2].[O-2].[O-2].[O-2].[O-2].[O-2].[O-2].[O-2].[Re].[Re].[Re]. The van der Waals surface area contributed by atoms with Crippen LogP contribution in [0.4, 0.5) is 0 Å². The normalized spacial score (nSPS) is 0. The molecule has 0 aliphatic carbocycles. The van der Waals surface area contributed by atoms with E-state index in [9.17, 15) is 0 Å². The zero-order chi connectivity index (χ0) is 0. The van der Waals surface area contributed by atoms with Crippen LogP contribution in [0.25, 0.3) is 0 Å². The smallest absolute Gasteiger partial charge is 1.00 e. The molecule has 0 amide bonds. The predicted octanol–water partition coefficient (Wildman–Crippen LogP) is -10.4. The monoisotopic (exact) mass is 774 g/mol. The van der Waals surface area contributed by atoms with Gasteiger partial charge in [0.25, 0.3) is 0 Å². The van der Waals surface area contributed by atoms with E-state index in [-0.39, 0.29) is 184 Å². The molecule has 0 aromatic carbocycles. The van der Waals surface area contributed by atoms with Crippen LogP contribution < -0.4 is 56.6 Å². The zero-order valence-corrected chi connectivity index (χ0v) is 17.2. The second-order valence-electron chi connectivity index (χ2n) is 0. The van der Waals surface area contributed by atoms with E-state index in [1.165, 1.54) is 0 Å². The molecule has 0 saturated heterocycles. The van der Waals surface area contributed by atoms with Crippen molar-refractivity contribution < 1.29 is 184 Å². The van der Waals surface area contributed by atoms with E-state index in [4.69, 9.17) is 0 Å². The van der Waals surface area contributed by atoms with Crippen molar-refractivity contribution in [3.63, 3.8) is 0 Å². The van der Waals surface area contributed by atoms with Crippen LogP contribution in [0.5, 0.6) is 0 Å². The Morgan fingerprint density at radius 3 is 0.167 bits per heavy atom. The summed E-state index contributed by atoms with van der Waals surface area (Å²) in [5.74, 6) is 0. The minimum absolute atomic E-state index is 0. The summed E-state index contributed by atoms with van der Waals surface area (Å²) in [6, 6.07) is 0. The third-order valence-corrected chi connectivity index (χ3v) is 0. The van der Waals surface area contributed by atoms with Crippen molar-refractivity contribution in [3.8, 4) is 0 Å². The van der Waals surface area contributed by atoms with Crippen LogP contribution in [-0.4, -0.2) is 0 Å². The molecule has 0 fully saturated rings. The van der Waals surface area contributed by atoms with Crippen LogP contribution in [0.15, 0.2) is 0 Å². The Morgan fingerprint density at radius 1 is 0.167 bits per heavy atom. The molecule has 0 saturated carbocycles. The van der Waals surface area contributed by atoms with Crippen molar-refractivity contribution in [1.29, 1.82) is 0 Å². The molecule has 0 bridgehead atoms. The fraction of sp³-hybridized carbons (Fsp3) is 0. The Morgan fingerprint density at radius 2 is 0.167 bits per heavy atom. The van der Waals surface area contributed by atoms with Gasteiger partial charge in [-0.25, -0.2) is 0 Å². The van der Waals surface area contributed by atoms with Crippen molar-refractivity contribution in [2.75, 3.05) is 0 Å². The summed E-state index contributed by atoms with van der Waals surface area (Å²) in [6.07, 6.45) is 0. The van der Waals surface area contributed by atoms with Gasteiger partial charge in [0.1, 0.15) is 0 Å². The molecule has 0 aliphatic heterocycles. The zero-order valence-electron chi connectivity index (χ0n) is 9.03. The van der Waals surface area contributed by atoms with Crippen LogP contribution >= 0.6 is 0 Å². The third kappa shape index (κ3) is 594. The number of hydrogen-bond donors (Lipinski definition) is 0. The fourth-order valence-electron chi connectivity index (χ4n) is 0. The first-order valence-corrected chi connectivity index (χ1v) is 0. The van der Waals surface area contributed by atoms with Crippen molar-refractivity contribution in [3.05, 3.63) is 0 Å². The van der Waals surface area contributed by atoms with Crippen LogP contribution in [0, 0.1) is 0 Å². The first-order chi connectivity index (χ1) is 0. The molecular weight excluding hydrogens is 771 g/mol. The van der Waals surface area contributed by atoms with E-state index in [0.717, 1.165) is 0 Å². The van der Waals surface area contributed by atoms with E-state index < -0.39 is 0 Å². The van der Waals surface area contributed by atoms with Gasteiger partial charge in [0.2, 0.25) is 0 Å². The largest absolute Gasteiger partial charge is 2.00 e. The quantitative estimate of drug-likeness (QED) is 0.207. The molecule has 3 radical (unpaired) electrons. The van der Waals surface area contributed by atoms with Gasteiger partial charge < -0.3 is 65.7 Å². The van der Waals surface area contributed by atoms with E-state index in [1.807, 2.05) is 0 Å². The Bertz CT molecular complexity index is 22.5. The summed E-state index contributed by atoms with van der Waals surface area (Å²) in [5.41, 5.74) is 0. The molecule has 18 heteroatoms. The van der Waals surface area contributed by atoms with Crippen LogP contribution in [0.2, 0.25) is 0 Å². The predicted molar refractivity (Wildman–Crippen MR) is 8.24 cm³/mol. The van der Waals surface area contributed by atoms with Gasteiger partial charge >= 0.3 is 56.6 Å². The maximum absolute atomic E-state index is 0.